The molecule has 1 saturated carbocycles. The topological polar surface area (TPSA) is 55.8 Å². The van der Waals surface area contributed by atoms with Crippen LogP contribution in [0.15, 0.2) is 0 Å². The average Bonchev–Trinajstić information content (AvgIpc) is 2.66. The zero-order valence-corrected chi connectivity index (χ0v) is 23.3. The van der Waals surface area contributed by atoms with Crippen molar-refractivity contribution in [2.75, 3.05) is 6.54 Å². The second-order valence-electron chi connectivity index (χ2n) is 12.6. The van der Waals surface area contributed by atoms with E-state index in [1.165, 1.54) is 12.8 Å². The Morgan fingerprint density at radius 1 is 0.909 bits per heavy atom. The molecular formula is C28H53NO4. The van der Waals surface area contributed by atoms with Crippen molar-refractivity contribution in [3.05, 3.63) is 0 Å². The molecule has 5 heteroatoms. The minimum atomic E-state index is -0.417. The number of hydrogen-bond acceptors (Lipinski definition) is 5. The molecule has 0 N–H and O–H groups in total. The van der Waals surface area contributed by atoms with E-state index in [1.807, 2.05) is 41.5 Å². The second-order valence-corrected chi connectivity index (χ2v) is 12.6. The monoisotopic (exact) mass is 467 g/mol. The first-order chi connectivity index (χ1) is 15.1. The van der Waals surface area contributed by atoms with E-state index in [0.29, 0.717) is 30.3 Å². The highest BCUT2D eigenvalue weighted by Crippen LogP contribution is 2.37. The minimum absolute atomic E-state index is 0.0104. The number of hydrogen-bond donors (Lipinski definition) is 0. The lowest BCUT2D eigenvalue weighted by Gasteiger charge is -2.36. The largest absolute Gasteiger partial charge is 0.460 e. The van der Waals surface area contributed by atoms with E-state index in [4.69, 9.17) is 9.47 Å². The van der Waals surface area contributed by atoms with Crippen molar-refractivity contribution in [1.29, 1.82) is 0 Å². The third kappa shape index (κ3) is 12.2. The Labute approximate surface area is 204 Å². The van der Waals surface area contributed by atoms with E-state index in [0.717, 1.165) is 38.6 Å². The molecular weight excluding hydrogens is 414 g/mol. The van der Waals surface area contributed by atoms with Crippen LogP contribution in [0.4, 0.5) is 0 Å². The maximum atomic E-state index is 12.6. The first kappa shape index (κ1) is 29.9. The number of rotatable bonds is 11. The van der Waals surface area contributed by atoms with E-state index >= 15 is 0 Å². The fraction of sp³-hybridized carbons (Fsp3) is 0.929. The highest BCUT2D eigenvalue weighted by atomic mass is 16.6. The summed E-state index contributed by atoms with van der Waals surface area (Å²) in [6, 6.07) is 0.913. The number of ether oxygens (including phenoxy) is 2. The molecule has 1 fully saturated rings. The smallest absolute Gasteiger partial charge is 0.309 e. The van der Waals surface area contributed by atoms with Crippen LogP contribution >= 0.6 is 0 Å². The highest BCUT2D eigenvalue weighted by molar-refractivity contribution is 5.73. The van der Waals surface area contributed by atoms with E-state index in [1.54, 1.807) is 0 Å². The number of esters is 2. The van der Waals surface area contributed by atoms with Crippen molar-refractivity contribution in [2.24, 2.45) is 17.8 Å². The summed E-state index contributed by atoms with van der Waals surface area (Å²) in [4.78, 5) is 27.1. The molecule has 194 valence electrons. The zero-order valence-electron chi connectivity index (χ0n) is 23.3. The van der Waals surface area contributed by atoms with Gasteiger partial charge >= 0.3 is 11.9 Å². The van der Waals surface area contributed by atoms with Crippen LogP contribution < -0.4 is 0 Å². The van der Waals surface area contributed by atoms with E-state index in [9.17, 15) is 9.59 Å². The van der Waals surface area contributed by atoms with Gasteiger partial charge in [-0.3, -0.25) is 14.5 Å². The van der Waals surface area contributed by atoms with Gasteiger partial charge in [-0.15, -0.1) is 0 Å². The van der Waals surface area contributed by atoms with Gasteiger partial charge in [-0.2, -0.15) is 0 Å². The van der Waals surface area contributed by atoms with Crippen molar-refractivity contribution >= 4 is 11.9 Å². The normalized spacial score (nSPS) is 21.7. The molecule has 0 heterocycles. The second kappa shape index (κ2) is 13.1. The lowest BCUT2D eigenvalue weighted by Crippen LogP contribution is -2.40. The lowest BCUT2D eigenvalue weighted by atomic mass is 9.74. The molecule has 0 saturated heterocycles. The van der Waals surface area contributed by atoms with Crippen LogP contribution in [-0.4, -0.2) is 46.7 Å². The van der Waals surface area contributed by atoms with Gasteiger partial charge < -0.3 is 9.47 Å². The summed E-state index contributed by atoms with van der Waals surface area (Å²) in [6.45, 7) is 21.6. The van der Waals surface area contributed by atoms with Gasteiger partial charge in [0.1, 0.15) is 11.2 Å². The third-order valence-corrected chi connectivity index (χ3v) is 6.75. The molecule has 1 aliphatic rings. The van der Waals surface area contributed by atoms with Crippen molar-refractivity contribution < 1.29 is 19.1 Å². The Morgan fingerprint density at radius 2 is 1.52 bits per heavy atom. The highest BCUT2D eigenvalue weighted by Gasteiger charge is 2.33. The minimum Gasteiger partial charge on any atom is -0.460 e. The van der Waals surface area contributed by atoms with Gasteiger partial charge in [0.2, 0.25) is 0 Å². The fourth-order valence-corrected chi connectivity index (χ4v) is 5.04. The molecule has 0 aromatic heterocycles. The lowest BCUT2D eigenvalue weighted by molar-refractivity contribution is -0.162. The first-order valence-corrected chi connectivity index (χ1v) is 13.3. The molecule has 0 spiro atoms. The standard InChI is InChI=1S/C28H53NO4/c1-20(2)29(18-12-15-25(30)32-27(5,6)7)22(4)17-16-21(3)23-13-11-14-24(19-23)26(31)33-28(8,9)10/h20-24H,11-19H2,1-10H3. The molecule has 0 radical (unpaired) electrons. The molecule has 0 bridgehead atoms. The summed E-state index contributed by atoms with van der Waals surface area (Å²) in [6.07, 6.45) is 7.88. The van der Waals surface area contributed by atoms with E-state index in [2.05, 4.69) is 32.6 Å². The van der Waals surface area contributed by atoms with Crippen LogP contribution in [0.25, 0.3) is 0 Å². The summed E-state index contributed by atoms with van der Waals surface area (Å²) in [5.41, 5.74) is -0.825. The van der Waals surface area contributed by atoms with Gasteiger partial charge in [0.05, 0.1) is 5.92 Å². The Kier molecular flexibility index (Phi) is 11.9. The third-order valence-electron chi connectivity index (χ3n) is 6.75. The van der Waals surface area contributed by atoms with Gasteiger partial charge in [0.25, 0.3) is 0 Å². The summed E-state index contributed by atoms with van der Waals surface area (Å²) >= 11 is 0. The molecule has 0 aromatic carbocycles. The summed E-state index contributed by atoms with van der Waals surface area (Å²) in [7, 11) is 0. The molecule has 4 unspecified atom stereocenters. The van der Waals surface area contributed by atoms with Crippen molar-refractivity contribution in [3.8, 4) is 0 Å². The quantitative estimate of drug-likeness (QED) is 0.314. The van der Waals surface area contributed by atoms with Crippen LogP contribution in [0.5, 0.6) is 0 Å². The molecule has 1 rings (SSSR count). The molecule has 33 heavy (non-hydrogen) atoms. The van der Waals surface area contributed by atoms with E-state index < -0.39 is 11.2 Å². The van der Waals surface area contributed by atoms with Crippen LogP contribution in [0.3, 0.4) is 0 Å². The predicted molar refractivity (Wildman–Crippen MR) is 136 cm³/mol. The number of carbonyl (C=O) groups excluding carboxylic acids is 2. The van der Waals surface area contributed by atoms with E-state index in [-0.39, 0.29) is 17.9 Å². The zero-order chi connectivity index (χ0) is 25.4. The van der Waals surface area contributed by atoms with Gasteiger partial charge in [-0.1, -0.05) is 19.8 Å². The maximum Gasteiger partial charge on any atom is 0.309 e. The first-order valence-electron chi connectivity index (χ1n) is 13.3. The Bertz CT molecular complexity index is 602. The van der Waals surface area contributed by atoms with Gasteiger partial charge in [0, 0.05) is 18.5 Å². The molecule has 0 aromatic rings. The van der Waals surface area contributed by atoms with Gasteiger partial charge in [-0.25, -0.2) is 0 Å². The number of nitrogens with zero attached hydrogens (tertiary/aromatic N) is 1. The van der Waals surface area contributed by atoms with Crippen molar-refractivity contribution in [3.63, 3.8) is 0 Å². The molecule has 5 nitrogen and oxygen atoms in total. The average molecular weight is 468 g/mol. The summed E-state index contributed by atoms with van der Waals surface area (Å²) < 4.78 is 11.1. The Balaban J connectivity index is 2.50. The molecule has 4 atom stereocenters. The van der Waals surface area contributed by atoms with Crippen molar-refractivity contribution in [1.82, 2.24) is 4.90 Å². The molecule has 0 aliphatic heterocycles. The molecule has 1 aliphatic carbocycles. The van der Waals surface area contributed by atoms with Gasteiger partial charge in [-0.05, 0) is 113 Å². The Hall–Kier alpha value is -1.10. The summed E-state index contributed by atoms with van der Waals surface area (Å²) in [5.74, 6) is 1.15. The SMILES string of the molecule is CC(CCC(C)N(CCCC(=O)OC(C)(C)C)C(C)C)C1CCCC(C(=O)OC(C)(C)C)C1. The van der Waals surface area contributed by atoms with Crippen molar-refractivity contribution in [2.45, 2.75) is 144 Å². The van der Waals surface area contributed by atoms with Crippen LogP contribution in [0.1, 0.15) is 121 Å². The molecule has 0 amide bonds. The van der Waals surface area contributed by atoms with Gasteiger partial charge in [0.15, 0.2) is 0 Å². The number of carbonyl (C=O) groups is 2. The maximum absolute atomic E-state index is 12.6. The van der Waals surface area contributed by atoms with Crippen LogP contribution in [0.2, 0.25) is 0 Å². The van der Waals surface area contributed by atoms with Crippen LogP contribution in [-0.2, 0) is 19.1 Å². The predicted octanol–water partition coefficient (Wildman–Crippen LogP) is 6.77. The van der Waals surface area contributed by atoms with Crippen LogP contribution in [0, 0.1) is 17.8 Å². The summed E-state index contributed by atoms with van der Waals surface area (Å²) in [5, 5.41) is 0. The fourth-order valence-electron chi connectivity index (χ4n) is 5.04. The Morgan fingerprint density at radius 3 is 2.06 bits per heavy atom.